The van der Waals surface area contributed by atoms with Crippen molar-refractivity contribution in [3.63, 3.8) is 0 Å². The summed E-state index contributed by atoms with van der Waals surface area (Å²) in [4.78, 5) is 33.4. The number of rotatable bonds is 7. The van der Waals surface area contributed by atoms with Crippen LogP contribution in [0.5, 0.6) is 0 Å². The number of fused-ring (bicyclic) bond motifs is 1. The number of primary amides is 1. The molecule has 6 nitrogen and oxygen atoms in total. The Morgan fingerprint density at radius 2 is 2.00 bits per heavy atom. The fourth-order valence-electron chi connectivity index (χ4n) is 2.12. The number of carbonyl (C=O) groups excluding carboxylic acids is 2. The molecule has 0 bridgehead atoms. The Bertz CT molecular complexity index is 727. The molecule has 1 aromatic heterocycles. The largest absolute Gasteiger partial charge is 0.368 e. The molecule has 0 aliphatic heterocycles. The highest BCUT2D eigenvalue weighted by Crippen LogP contribution is 2.09. The topological polar surface area (TPSA) is 89.2 Å². The minimum Gasteiger partial charge on any atom is -0.368 e. The lowest BCUT2D eigenvalue weighted by atomic mass is 10.2. The summed E-state index contributed by atoms with van der Waals surface area (Å²) in [6.45, 7) is 2.45. The van der Waals surface area contributed by atoms with Gasteiger partial charge in [0.05, 0.1) is 29.5 Å². The number of hydrogen-bond donors (Lipinski definition) is 1. The van der Waals surface area contributed by atoms with Gasteiger partial charge in [-0.15, -0.1) is 0 Å². The van der Waals surface area contributed by atoms with Crippen LogP contribution in [0.15, 0.2) is 36.5 Å². The van der Waals surface area contributed by atoms with Crippen molar-refractivity contribution in [2.45, 2.75) is 19.8 Å². The maximum absolute atomic E-state index is 12.2. The maximum atomic E-state index is 12.2. The number of aromatic nitrogens is 2. The lowest BCUT2D eigenvalue weighted by molar-refractivity contribution is -0.131. The lowest BCUT2D eigenvalue weighted by Crippen LogP contribution is -2.38. The standard InChI is InChI=1S/C17H20N4O2/c1-2-3-10-21(12-16(18)22)17(23)9-8-13-11-19-14-6-4-5-7-15(14)20-13/h4-9,11H,2-3,10,12H2,1H3,(H2,18,22)/b9-8-. The van der Waals surface area contributed by atoms with E-state index in [0.29, 0.717) is 12.2 Å². The molecule has 0 spiro atoms. The minimum absolute atomic E-state index is 0.0768. The Kier molecular flexibility index (Phi) is 5.80. The van der Waals surface area contributed by atoms with Crippen molar-refractivity contribution < 1.29 is 9.59 Å². The fourth-order valence-corrected chi connectivity index (χ4v) is 2.12. The molecule has 0 saturated heterocycles. The Hall–Kier alpha value is -2.76. The molecule has 0 saturated carbocycles. The van der Waals surface area contributed by atoms with E-state index in [2.05, 4.69) is 9.97 Å². The van der Waals surface area contributed by atoms with Crippen molar-refractivity contribution in [2.24, 2.45) is 5.73 Å². The van der Waals surface area contributed by atoms with Crippen molar-refractivity contribution in [2.75, 3.05) is 13.1 Å². The second kappa shape index (κ2) is 8.03. The van der Waals surface area contributed by atoms with Gasteiger partial charge in [0.1, 0.15) is 0 Å². The van der Waals surface area contributed by atoms with Gasteiger partial charge in [-0.3, -0.25) is 14.6 Å². The van der Waals surface area contributed by atoms with Gasteiger partial charge >= 0.3 is 0 Å². The van der Waals surface area contributed by atoms with E-state index >= 15 is 0 Å². The molecule has 120 valence electrons. The van der Waals surface area contributed by atoms with Crippen LogP contribution in [0.2, 0.25) is 0 Å². The van der Waals surface area contributed by atoms with Crippen LogP contribution in [0.1, 0.15) is 25.5 Å². The van der Waals surface area contributed by atoms with Gasteiger partial charge in [0.2, 0.25) is 11.8 Å². The Morgan fingerprint density at radius 3 is 2.70 bits per heavy atom. The molecule has 0 radical (unpaired) electrons. The second-order valence-electron chi connectivity index (χ2n) is 5.20. The fraction of sp³-hybridized carbons (Fsp3) is 0.294. The van der Waals surface area contributed by atoms with Gasteiger partial charge in [-0.25, -0.2) is 4.98 Å². The molecule has 0 atom stereocenters. The summed E-state index contributed by atoms with van der Waals surface area (Å²) in [6.07, 6.45) is 6.36. The average molecular weight is 312 g/mol. The molecule has 2 aromatic rings. The highest BCUT2D eigenvalue weighted by molar-refractivity contribution is 5.94. The van der Waals surface area contributed by atoms with Crippen LogP contribution in [0.4, 0.5) is 0 Å². The summed E-state index contributed by atoms with van der Waals surface area (Å²) in [5, 5.41) is 0. The first kappa shape index (κ1) is 16.6. The molecule has 0 fully saturated rings. The summed E-state index contributed by atoms with van der Waals surface area (Å²) < 4.78 is 0. The van der Waals surface area contributed by atoms with Crippen LogP contribution in [0.3, 0.4) is 0 Å². The Labute approximate surface area is 135 Å². The maximum Gasteiger partial charge on any atom is 0.247 e. The number of para-hydroxylation sites is 2. The van der Waals surface area contributed by atoms with Crippen molar-refractivity contribution in [1.82, 2.24) is 14.9 Å². The monoisotopic (exact) mass is 312 g/mol. The van der Waals surface area contributed by atoms with Crippen LogP contribution < -0.4 is 5.73 Å². The number of unbranched alkanes of at least 4 members (excludes halogenated alkanes) is 1. The number of benzene rings is 1. The van der Waals surface area contributed by atoms with Gasteiger partial charge in [-0.2, -0.15) is 0 Å². The molecule has 2 rings (SSSR count). The summed E-state index contributed by atoms with van der Waals surface area (Å²) >= 11 is 0. The zero-order valence-corrected chi connectivity index (χ0v) is 13.1. The first-order valence-corrected chi connectivity index (χ1v) is 7.57. The van der Waals surface area contributed by atoms with Crippen LogP contribution in [-0.4, -0.2) is 39.8 Å². The molecule has 2 amide bonds. The minimum atomic E-state index is -0.520. The van der Waals surface area contributed by atoms with Crippen LogP contribution >= 0.6 is 0 Å². The zero-order valence-electron chi connectivity index (χ0n) is 13.1. The van der Waals surface area contributed by atoms with E-state index in [-0.39, 0.29) is 12.5 Å². The lowest BCUT2D eigenvalue weighted by Gasteiger charge is -2.18. The summed E-state index contributed by atoms with van der Waals surface area (Å²) in [7, 11) is 0. The third kappa shape index (κ3) is 4.88. The Morgan fingerprint density at radius 1 is 1.26 bits per heavy atom. The third-order valence-electron chi connectivity index (χ3n) is 3.30. The zero-order chi connectivity index (χ0) is 16.7. The molecule has 1 heterocycles. The number of amides is 2. The van der Waals surface area contributed by atoms with Crippen LogP contribution in [0, 0.1) is 0 Å². The highest BCUT2D eigenvalue weighted by Gasteiger charge is 2.12. The van der Waals surface area contributed by atoms with Crippen LogP contribution in [-0.2, 0) is 9.59 Å². The van der Waals surface area contributed by atoms with E-state index in [1.54, 1.807) is 12.3 Å². The van der Waals surface area contributed by atoms with Crippen molar-refractivity contribution in [3.8, 4) is 0 Å². The molecule has 1 aromatic carbocycles. The third-order valence-corrected chi connectivity index (χ3v) is 3.30. The van der Waals surface area contributed by atoms with Gasteiger partial charge in [0.15, 0.2) is 0 Å². The van der Waals surface area contributed by atoms with E-state index in [4.69, 9.17) is 5.73 Å². The van der Waals surface area contributed by atoms with Gasteiger partial charge in [0.25, 0.3) is 0 Å². The predicted molar refractivity (Wildman–Crippen MR) is 89.3 cm³/mol. The molecule has 23 heavy (non-hydrogen) atoms. The smallest absolute Gasteiger partial charge is 0.247 e. The summed E-state index contributed by atoms with van der Waals surface area (Å²) in [5.41, 5.74) is 7.35. The van der Waals surface area contributed by atoms with E-state index in [1.807, 2.05) is 31.2 Å². The van der Waals surface area contributed by atoms with E-state index < -0.39 is 5.91 Å². The number of nitrogens with two attached hydrogens (primary N) is 1. The van der Waals surface area contributed by atoms with Crippen molar-refractivity contribution >= 4 is 28.9 Å². The Balaban J connectivity index is 2.11. The van der Waals surface area contributed by atoms with E-state index in [9.17, 15) is 9.59 Å². The highest BCUT2D eigenvalue weighted by atomic mass is 16.2. The van der Waals surface area contributed by atoms with Crippen LogP contribution in [0.25, 0.3) is 17.1 Å². The van der Waals surface area contributed by atoms with E-state index in [0.717, 1.165) is 23.9 Å². The molecule has 6 heteroatoms. The first-order valence-electron chi connectivity index (χ1n) is 7.57. The number of carbonyl (C=O) groups is 2. The quantitative estimate of drug-likeness (QED) is 0.789. The van der Waals surface area contributed by atoms with Crippen molar-refractivity contribution in [1.29, 1.82) is 0 Å². The molecular formula is C17H20N4O2. The SMILES string of the molecule is CCCCN(CC(N)=O)C(=O)/C=C\c1cnc2ccccc2n1. The number of nitrogens with zero attached hydrogens (tertiary/aromatic N) is 3. The summed E-state index contributed by atoms with van der Waals surface area (Å²) in [6, 6.07) is 7.52. The molecule has 0 aliphatic carbocycles. The van der Waals surface area contributed by atoms with Gasteiger partial charge in [-0.05, 0) is 24.6 Å². The molecule has 0 aliphatic rings. The predicted octanol–water partition coefficient (Wildman–Crippen LogP) is 1.76. The molecule has 0 unspecified atom stereocenters. The van der Waals surface area contributed by atoms with E-state index in [1.165, 1.54) is 11.0 Å². The molecular weight excluding hydrogens is 292 g/mol. The normalized spacial score (nSPS) is 11.0. The second-order valence-corrected chi connectivity index (χ2v) is 5.20. The van der Waals surface area contributed by atoms with Gasteiger partial charge < -0.3 is 10.6 Å². The van der Waals surface area contributed by atoms with Crippen molar-refractivity contribution in [3.05, 3.63) is 42.2 Å². The van der Waals surface area contributed by atoms with Gasteiger partial charge in [-0.1, -0.05) is 25.5 Å². The summed E-state index contributed by atoms with van der Waals surface area (Å²) in [5.74, 6) is -0.777. The number of hydrogen-bond acceptors (Lipinski definition) is 4. The van der Waals surface area contributed by atoms with Gasteiger partial charge in [0, 0.05) is 12.6 Å². The molecule has 2 N–H and O–H groups in total. The average Bonchev–Trinajstić information content (AvgIpc) is 2.56. The first-order chi connectivity index (χ1) is 11.1.